The SMILES string of the molecule is COc1ccccc1C(C)NC(=O)CN(c1cc(Cl)ccc1Cl)S(C)(=O)=O. The highest BCUT2D eigenvalue weighted by Crippen LogP contribution is 2.30. The fraction of sp³-hybridized carbons (Fsp3) is 0.278. The molecule has 2 rings (SSSR count). The Bertz CT molecular complexity index is 935. The predicted molar refractivity (Wildman–Crippen MR) is 108 cm³/mol. The second-order valence-corrected chi connectivity index (χ2v) is 8.65. The first kappa shape index (κ1) is 21.3. The average molecular weight is 431 g/mol. The van der Waals surface area contributed by atoms with Crippen LogP contribution in [0.2, 0.25) is 10.0 Å². The minimum atomic E-state index is -3.76. The standard InChI is InChI=1S/C18H20Cl2N2O4S/c1-12(14-6-4-5-7-17(14)26-2)21-18(23)11-22(27(3,24)25)16-10-13(19)8-9-15(16)20/h4-10,12H,11H2,1-3H3,(H,21,23). The molecule has 0 aliphatic heterocycles. The van der Waals surface area contributed by atoms with Crippen LogP contribution in [-0.4, -0.2) is 34.2 Å². The van der Waals surface area contributed by atoms with E-state index in [1.165, 1.54) is 18.2 Å². The zero-order chi connectivity index (χ0) is 20.2. The lowest BCUT2D eigenvalue weighted by atomic mass is 10.1. The predicted octanol–water partition coefficient (Wildman–Crippen LogP) is 3.65. The van der Waals surface area contributed by atoms with E-state index in [9.17, 15) is 13.2 Å². The Kier molecular flexibility index (Phi) is 6.97. The van der Waals surface area contributed by atoms with Gasteiger partial charge in [0.15, 0.2) is 0 Å². The quantitative estimate of drug-likeness (QED) is 0.726. The largest absolute Gasteiger partial charge is 0.496 e. The van der Waals surface area contributed by atoms with Crippen LogP contribution in [-0.2, 0) is 14.8 Å². The monoisotopic (exact) mass is 430 g/mol. The van der Waals surface area contributed by atoms with Gasteiger partial charge in [0, 0.05) is 10.6 Å². The summed E-state index contributed by atoms with van der Waals surface area (Å²) in [6.45, 7) is 1.35. The van der Waals surface area contributed by atoms with Gasteiger partial charge in [-0.2, -0.15) is 0 Å². The Morgan fingerprint density at radius 1 is 1.22 bits per heavy atom. The topological polar surface area (TPSA) is 75.7 Å². The number of hydrogen-bond acceptors (Lipinski definition) is 4. The first-order chi connectivity index (χ1) is 12.6. The molecule has 0 fully saturated rings. The Morgan fingerprint density at radius 2 is 1.89 bits per heavy atom. The minimum Gasteiger partial charge on any atom is -0.496 e. The van der Waals surface area contributed by atoms with Crippen molar-refractivity contribution in [3.05, 3.63) is 58.1 Å². The number of carbonyl (C=O) groups excluding carboxylic acids is 1. The van der Waals surface area contributed by atoms with E-state index < -0.39 is 22.5 Å². The molecule has 2 aromatic rings. The number of carbonyl (C=O) groups is 1. The molecule has 6 nitrogen and oxygen atoms in total. The molecule has 1 N–H and O–H groups in total. The molecule has 0 aliphatic carbocycles. The van der Waals surface area contributed by atoms with Gasteiger partial charge in [0.05, 0.1) is 30.1 Å². The van der Waals surface area contributed by atoms with E-state index in [1.807, 2.05) is 18.2 Å². The van der Waals surface area contributed by atoms with Gasteiger partial charge in [-0.3, -0.25) is 9.10 Å². The van der Waals surface area contributed by atoms with E-state index >= 15 is 0 Å². The van der Waals surface area contributed by atoms with Crippen molar-refractivity contribution in [2.45, 2.75) is 13.0 Å². The maximum Gasteiger partial charge on any atom is 0.241 e. The van der Waals surface area contributed by atoms with Gasteiger partial charge in [-0.1, -0.05) is 41.4 Å². The molecule has 0 bridgehead atoms. The lowest BCUT2D eigenvalue weighted by Gasteiger charge is -2.24. The molecule has 1 amide bonds. The molecular formula is C18H20Cl2N2O4S. The van der Waals surface area contributed by atoms with Crippen molar-refractivity contribution in [1.29, 1.82) is 0 Å². The van der Waals surface area contributed by atoms with Crippen molar-refractivity contribution in [1.82, 2.24) is 5.32 Å². The Hall–Kier alpha value is -1.96. The number of sulfonamides is 1. The number of amides is 1. The van der Waals surface area contributed by atoms with Crippen molar-refractivity contribution < 1.29 is 17.9 Å². The molecule has 9 heteroatoms. The molecule has 0 saturated heterocycles. The molecule has 0 saturated carbocycles. The number of hydrogen-bond donors (Lipinski definition) is 1. The fourth-order valence-corrected chi connectivity index (χ4v) is 3.87. The average Bonchev–Trinajstić information content (AvgIpc) is 2.61. The van der Waals surface area contributed by atoms with Gasteiger partial charge >= 0.3 is 0 Å². The minimum absolute atomic E-state index is 0.145. The third-order valence-corrected chi connectivity index (χ3v) is 5.53. The van der Waals surface area contributed by atoms with Crippen LogP contribution in [0.3, 0.4) is 0 Å². The molecule has 0 aliphatic rings. The van der Waals surface area contributed by atoms with E-state index in [4.69, 9.17) is 27.9 Å². The Morgan fingerprint density at radius 3 is 2.52 bits per heavy atom. The zero-order valence-electron chi connectivity index (χ0n) is 15.1. The molecular weight excluding hydrogens is 411 g/mol. The lowest BCUT2D eigenvalue weighted by Crippen LogP contribution is -2.41. The third kappa shape index (κ3) is 5.51. The molecule has 1 unspecified atom stereocenters. The fourth-order valence-electron chi connectivity index (χ4n) is 2.58. The maximum absolute atomic E-state index is 12.5. The normalized spacial score (nSPS) is 12.3. The van der Waals surface area contributed by atoms with Gasteiger partial charge in [-0.15, -0.1) is 0 Å². The van der Waals surface area contributed by atoms with Crippen LogP contribution in [0, 0.1) is 0 Å². The summed E-state index contributed by atoms with van der Waals surface area (Å²) in [5.74, 6) is 0.137. The molecule has 1 atom stereocenters. The number of nitrogens with one attached hydrogen (secondary N) is 1. The van der Waals surface area contributed by atoms with Gasteiger partial charge in [-0.05, 0) is 31.2 Å². The third-order valence-electron chi connectivity index (χ3n) is 3.85. The van der Waals surface area contributed by atoms with E-state index in [1.54, 1.807) is 20.1 Å². The highest BCUT2D eigenvalue weighted by Gasteiger charge is 2.24. The van der Waals surface area contributed by atoms with Crippen molar-refractivity contribution in [2.24, 2.45) is 0 Å². The number of anilines is 1. The molecule has 0 radical (unpaired) electrons. The maximum atomic E-state index is 12.5. The molecule has 146 valence electrons. The van der Waals surface area contributed by atoms with Crippen LogP contribution in [0.15, 0.2) is 42.5 Å². The number of rotatable bonds is 7. The highest BCUT2D eigenvalue weighted by molar-refractivity contribution is 7.92. The Balaban J connectivity index is 2.23. The van der Waals surface area contributed by atoms with Crippen LogP contribution < -0.4 is 14.4 Å². The lowest BCUT2D eigenvalue weighted by molar-refractivity contribution is -0.120. The summed E-state index contributed by atoms with van der Waals surface area (Å²) in [7, 11) is -2.22. The van der Waals surface area contributed by atoms with Gasteiger partial charge in [-0.25, -0.2) is 8.42 Å². The second kappa shape index (κ2) is 8.82. The summed E-state index contributed by atoms with van der Waals surface area (Å²) >= 11 is 12.1. The van der Waals surface area contributed by atoms with E-state index in [2.05, 4.69) is 5.32 Å². The first-order valence-electron chi connectivity index (χ1n) is 7.98. The molecule has 27 heavy (non-hydrogen) atoms. The van der Waals surface area contributed by atoms with E-state index in [0.717, 1.165) is 16.1 Å². The van der Waals surface area contributed by atoms with Gasteiger partial charge in [0.25, 0.3) is 0 Å². The van der Waals surface area contributed by atoms with Crippen molar-refractivity contribution in [3.63, 3.8) is 0 Å². The number of para-hydroxylation sites is 1. The summed E-state index contributed by atoms with van der Waals surface area (Å²) in [5, 5.41) is 3.26. The second-order valence-electron chi connectivity index (χ2n) is 5.90. The summed E-state index contributed by atoms with van der Waals surface area (Å²) < 4.78 is 30.6. The number of halogens is 2. The van der Waals surface area contributed by atoms with Gasteiger partial charge < -0.3 is 10.1 Å². The summed E-state index contributed by atoms with van der Waals surface area (Å²) in [6, 6.07) is 11.3. The van der Waals surface area contributed by atoms with Crippen molar-refractivity contribution >= 4 is 44.8 Å². The highest BCUT2D eigenvalue weighted by atomic mass is 35.5. The van der Waals surface area contributed by atoms with Crippen LogP contribution in [0.25, 0.3) is 0 Å². The van der Waals surface area contributed by atoms with Crippen molar-refractivity contribution in [2.75, 3.05) is 24.2 Å². The number of ether oxygens (including phenoxy) is 1. The summed E-state index contributed by atoms with van der Waals surface area (Å²) in [5.41, 5.74) is 0.923. The first-order valence-corrected chi connectivity index (χ1v) is 10.6. The van der Waals surface area contributed by atoms with E-state index in [0.29, 0.717) is 10.8 Å². The number of benzene rings is 2. The van der Waals surface area contributed by atoms with E-state index in [-0.39, 0.29) is 16.8 Å². The van der Waals surface area contributed by atoms with Crippen molar-refractivity contribution in [3.8, 4) is 5.75 Å². The Labute approximate surface area is 169 Å². The van der Waals surface area contributed by atoms with Crippen LogP contribution in [0.5, 0.6) is 5.75 Å². The van der Waals surface area contributed by atoms with Gasteiger partial charge in [0.1, 0.15) is 12.3 Å². The van der Waals surface area contributed by atoms with Crippen LogP contribution in [0.1, 0.15) is 18.5 Å². The summed E-state index contributed by atoms with van der Waals surface area (Å²) in [4.78, 5) is 12.5. The molecule has 0 heterocycles. The number of nitrogens with zero attached hydrogens (tertiary/aromatic N) is 1. The summed E-state index contributed by atoms with van der Waals surface area (Å²) in [6.07, 6.45) is 1.00. The van der Waals surface area contributed by atoms with Gasteiger partial charge in [0.2, 0.25) is 15.9 Å². The zero-order valence-corrected chi connectivity index (χ0v) is 17.4. The number of methoxy groups -OCH3 is 1. The molecule has 2 aromatic carbocycles. The van der Waals surface area contributed by atoms with Crippen LogP contribution in [0.4, 0.5) is 5.69 Å². The smallest absolute Gasteiger partial charge is 0.241 e. The molecule has 0 aromatic heterocycles. The van der Waals surface area contributed by atoms with Crippen LogP contribution >= 0.6 is 23.2 Å². The molecule has 0 spiro atoms.